The Kier molecular flexibility index (Phi) is 27.0. The van der Waals surface area contributed by atoms with Crippen molar-refractivity contribution >= 4 is 61.6 Å². The molecule has 1 aliphatic carbocycles. The number of allylic oxidation sites excluding steroid dienone is 1. The maximum Gasteiger partial charge on any atom is 0.158 e. The second kappa shape index (κ2) is 37.2. The first-order valence-electron chi connectivity index (χ1n) is 37.0. The predicted molar refractivity (Wildman–Crippen MR) is 429 cm³/mol. The van der Waals surface area contributed by atoms with Gasteiger partial charge < -0.3 is 14.4 Å². The molecule has 0 saturated heterocycles. The van der Waals surface area contributed by atoms with Gasteiger partial charge in [-0.05, 0) is 142 Å². The second-order valence-electron chi connectivity index (χ2n) is 28.9. The molecule has 25 nitrogen and oxygen atoms in total. The minimum Gasteiger partial charge on any atom is -0.359 e. The molecule has 17 heterocycles. The number of hydrogen-bond donors (Lipinski definition) is 2. The van der Waals surface area contributed by atoms with Crippen molar-refractivity contribution in [1.82, 2.24) is 123 Å². The average molecular weight is 1450 g/mol. The number of H-pyrrole nitrogens is 2. The highest BCUT2D eigenvalue weighted by atomic mass is 15.4. The number of nitrogens with one attached hydrogen (secondary N) is 2. The molecule has 108 heavy (non-hydrogen) atoms. The Balaban J connectivity index is 0.000000130. The number of aromatic amines is 2. The SMILES string of the molecule is CC(C)c1ccc2cnnn2c1.CC(C)c1cccn2ncnc12.CC(C)c1ccn2ccnc2c1.CC(C)c1ccn2ncnc2c1.CC(C)c1ccn2nncc2c1.CC(C)c1ncc2[nH]ccc2n1.CC(C)c1ncc2c(n1)CC=C2.CC(C)c1ncnc2[nH]ccc12.CC(C)c1ncnn2cccc12. The minimum atomic E-state index is 0.393. The van der Waals surface area contributed by atoms with Crippen molar-refractivity contribution in [3.05, 3.63) is 265 Å². The van der Waals surface area contributed by atoms with E-state index in [1.807, 2.05) is 113 Å². The summed E-state index contributed by atoms with van der Waals surface area (Å²) in [5.74, 6) is 6.30. The van der Waals surface area contributed by atoms with Crippen LogP contribution in [0.1, 0.15) is 240 Å². The number of aromatic nitrogens is 25. The van der Waals surface area contributed by atoms with Crippen LogP contribution in [-0.4, -0.2) is 123 Å². The predicted octanol–water partition coefficient (Wildman–Crippen LogP) is 18.1. The Morgan fingerprint density at radius 1 is 0.407 bits per heavy atom. The fraction of sp³-hybridized carbons (Fsp3) is 0.337. The lowest BCUT2D eigenvalue weighted by atomic mass is 10.1. The van der Waals surface area contributed by atoms with Crippen molar-refractivity contribution in [3.63, 3.8) is 0 Å². The zero-order chi connectivity index (χ0) is 77.0. The van der Waals surface area contributed by atoms with E-state index < -0.39 is 0 Å². The molecule has 1 aliphatic rings. The van der Waals surface area contributed by atoms with Crippen LogP contribution < -0.4 is 0 Å². The van der Waals surface area contributed by atoms with Gasteiger partial charge in [-0.1, -0.05) is 159 Å². The molecule has 0 fully saturated rings. The Labute approximate surface area is 630 Å². The summed E-state index contributed by atoms with van der Waals surface area (Å²) in [6.45, 7) is 38.7. The van der Waals surface area contributed by atoms with Crippen molar-refractivity contribution in [1.29, 1.82) is 0 Å². The highest BCUT2D eigenvalue weighted by Crippen LogP contribution is 2.24. The maximum atomic E-state index is 4.48. The molecule has 2 N–H and O–H groups in total. The van der Waals surface area contributed by atoms with Crippen LogP contribution in [0.4, 0.5) is 0 Å². The number of hydrogen-bond acceptors (Lipinski definition) is 17. The Morgan fingerprint density at radius 2 is 1.02 bits per heavy atom. The Morgan fingerprint density at radius 3 is 1.74 bits per heavy atom. The van der Waals surface area contributed by atoms with E-state index in [4.69, 9.17) is 0 Å². The van der Waals surface area contributed by atoms with Gasteiger partial charge in [0.25, 0.3) is 0 Å². The van der Waals surface area contributed by atoms with Crippen molar-refractivity contribution < 1.29 is 0 Å². The zero-order valence-electron chi connectivity index (χ0n) is 65.3. The van der Waals surface area contributed by atoms with E-state index in [-0.39, 0.29) is 0 Å². The normalized spacial score (nSPS) is 11.5. The van der Waals surface area contributed by atoms with E-state index in [0.29, 0.717) is 53.3 Å². The quantitative estimate of drug-likeness (QED) is 0.136. The summed E-state index contributed by atoms with van der Waals surface area (Å²) in [4.78, 5) is 48.7. The van der Waals surface area contributed by atoms with Gasteiger partial charge in [-0.2, -0.15) is 15.3 Å². The minimum absolute atomic E-state index is 0.393. The van der Waals surface area contributed by atoms with Gasteiger partial charge in [0.1, 0.15) is 48.3 Å². The average Bonchev–Trinajstić information content (AvgIpc) is 1.68. The molecule has 0 atom stereocenters. The van der Waals surface area contributed by atoms with Crippen molar-refractivity contribution in [2.45, 2.75) is 184 Å². The van der Waals surface area contributed by atoms with Gasteiger partial charge in [0.15, 0.2) is 11.3 Å². The van der Waals surface area contributed by atoms with Crippen LogP contribution in [0.3, 0.4) is 0 Å². The molecular weight excluding hydrogens is 1350 g/mol. The summed E-state index contributed by atoms with van der Waals surface area (Å²) in [7, 11) is 0. The molecule has 0 unspecified atom stereocenters. The summed E-state index contributed by atoms with van der Waals surface area (Å²) >= 11 is 0. The van der Waals surface area contributed by atoms with Crippen LogP contribution in [-0.2, 0) is 6.42 Å². The molecule has 0 aromatic carbocycles. The lowest BCUT2D eigenvalue weighted by Gasteiger charge is -2.04. The molecule has 25 heteroatoms. The van der Waals surface area contributed by atoms with Crippen LogP contribution in [0.5, 0.6) is 0 Å². The zero-order valence-corrected chi connectivity index (χ0v) is 65.3. The third-order valence-electron chi connectivity index (χ3n) is 17.7. The molecule has 0 spiro atoms. The second-order valence-corrected chi connectivity index (χ2v) is 28.9. The van der Waals surface area contributed by atoms with E-state index in [1.54, 1.807) is 55.8 Å². The van der Waals surface area contributed by atoms with E-state index in [9.17, 15) is 0 Å². The smallest absolute Gasteiger partial charge is 0.158 e. The summed E-state index contributed by atoms with van der Waals surface area (Å²) in [6.07, 6.45) is 38.2. The van der Waals surface area contributed by atoms with Gasteiger partial charge in [0.05, 0.1) is 63.3 Å². The Hall–Kier alpha value is -12.2. The van der Waals surface area contributed by atoms with Crippen molar-refractivity contribution in [2.75, 3.05) is 0 Å². The molecule has 0 radical (unpaired) electrons. The van der Waals surface area contributed by atoms with Gasteiger partial charge in [-0.3, -0.25) is 0 Å². The first-order chi connectivity index (χ1) is 52.0. The number of imidazole rings is 1. The van der Waals surface area contributed by atoms with Crippen LogP contribution in [0.15, 0.2) is 203 Å². The van der Waals surface area contributed by atoms with E-state index in [2.05, 4.69) is 287 Å². The van der Waals surface area contributed by atoms with Crippen LogP contribution in [0, 0.1) is 0 Å². The first-order valence-corrected chi connectivity index (χ1v) is 37.0. The number of nitrogens with zero attached hydrogens (tertiary/aromatic N) is 23. The molecule has 0 bridgehead atoms. The highest BCUT2D eigenvalue weighted by molar-refractivity contribution is 5.78. The van der Waals surface area contributed by atoms with Crippen LogP contribution in [0.25, 0.3) is 61.6 Å². The highest BCUT2D eigenvalue weighted by Gasteiger charge is 2.13. The maximum absolute atomic E-state index is 4.48. The molecule has 0 amide bonds. The summed E-state index contributed by atoms with van der Waals surface area (Å²) in [5, 5.41) is 28.8. The standard InChI is InChI=1S/2C10H12N2.7C9H11N3/c1-8(2)9-3-5-12-6-4-11-10(12)7-9;1-7(2)10-11-6-8-4-3-5-9(8)12-10;1-7(2)8-3-4-9-5-10-11-12(9)6-8;1-7(2)8-3-4-12-9(5-8)10-6-11-12;1-7(2)8-3-4-12-9(5-8)6-10-11-12;1-6(2)8-7-3-4-10-9(7)12-5-11-8;1-6(2)9-11-5-8-7(12-9)3-4-10-8;1-7(2)9-8-4-3-5-12(8)11-6-10-9;1-7(2)8-4-3-5-12-9(8)10-6-11-12/h3-8H,1-2H3;3-4,6-7H,5H2,1-2H3;3*3-7H,1-2H3;3-6H,1-2H3,(H,10,11,12);3-6,10H,1-2H3;2*3-7H,1-2H3. The van der Waals surface area contributed by atoms with Gasteiger partial charge in [-0.15, -0.1) is 10.2 Å². The van der Waals surface area contributed by atoms with Gasteiger partial charge in [-0.25, -0.2) is 72.4 Å². The summed E-state index contributed by atoms with van der Waals surface area (Å²) in [6, 6.07) is 28.8. The van der Waals surface area contributed by atoms with Crippen LogP contribution >= 0.6 is 0 Å². The number of rotatable bonds is 9. The van der Waals surface area contributed by atoms with Crippen molar-refractivity contribution in [2.24, 2.45) is 0 Å². The topological polar surface area (TPSA) is 277 Å². The van der Waals surface area contributed by atoms with Crippen LogP contribution in [0.2, 0.25) is 0 Å². The molecular formula is C83H101N25. The molecule has 558 valence electrons. The fourth-order valence-corrected chi connectivity index (χ4v) is 11.3. The van der Waals surface area contributed by atoms with Crippen molar-refractivity contribution in [3.8, 4) is 0 Å². The lowest BCUT2D eigenvalue weighted by Crippen LogP contribution is -2.00. The summed E-state index contributed by atoms with van der Waals surface area (Å²) < 4.78 is 11.0. The first kappa shape index (κ1) is 78.4. The van der Waals surface area contributed by atoms with Gasteiger partial charge >= 0.3 is 0 Å². The number of fused-ring (bicyclic) bond motifs is 9. The van der Waals surface area contributed by atoms with E-state index in [0.717, 1.165) is 85.0 Å². The van der Waals surface area contributed by atoms with E-state index >= 15 is 0 Å². The number of pyridine rings is 5. The summed E-state index contributed by atoms with van der Waals surface area (Å²) in [5.41, 5.74) is 20.1. The third-order valence-corrected chi connectivity index (χ3v) is 17.7. The monoisotopic (exact) mass is 1450 g/mol. The molecule has 17 aromatic heterocycles. The van der Waals surface area contributed by atoms with E-state index in [1.165, 1.54) is 39.1 Å². The largest absolute Gasteiger partial charge is 0.359 e. The van der Waals surface area contributed by atoms with Gasteiger partial charge in [0, 0.05) is 97.4 Å². The third kappa shape index (κ3) is 20.7. The molecule has 0 saturated carbocycles. The molecule has 18 rings (SSSR count). The lowest BCUT2D eigenvalue weighted by molar-refractivity contribution is 0.763. The molecule has 17 aromatic rings. The fourth-order valence-electron chi connectivity index (χ4n) is 11.3. The Bertz CT molecular complexity index is 4990. The molecule has 0 aliphatic heterocycles. The van der Waals surface area contributed by atoms with Gasteiger partial charge in [0.2, 0.25) is 0 Å².